The van der Waals surface area contributed by atoms with Gasteiger partial charge in [0.2, 0.25) is 10.0 Å². The summed E-state index contributed by atoms with van der Waals surface area (Å²) in [7, 11) is -0.579. The summed E-state index contributed by atoms with van der Waals surface area (Å²) in [6.45, 7) is 5.86. The first-order chi connectivity index (χ1) is 15.4. The van der Waals surface area contributed by atoms with E-state index in [2.05, 4.69) is 10.2 Å². The highest BCUT2D eigenvalue weighted by atomic mass is 32.2. The molecule has 0 aliphatic rings. The molecule has 3 rings (SSSR count). The van der Waals surface area contributed by atoms with Crippen molar-refractivity contribution >= 4 is 10.0 Å². The number of hydrogen-bond donors (Lipinski definition) is 0. The maximum absolute atomic E-state index is 13.5. The molecule has 174 valence electrons. The number of aryl methyl sites for hydroxylation is 2. The van der Waals surface area contributed by atoms with Crippen LogP contribution in [0.15, 0.2) is 47.8 Å². The highest BCUT2D eigenvalue weighted by Gasteiger charge is 2.27. The van der Waals surface area contributed by atoms with Crippen molar-refractivity contribution in [3.8, 4) is 11.5 Å². The van der Waals surface area contributed by atoms with Crippen LogP contribution < -0.4 is 9.47 Å². The molecule has 0 atom stereocenters. The molecule has 1 aromatic carbocycles. The number of aromatic nitrogens is 4. The molecule has 2 aromatic heterocycles. The normalized spacial score (nSPS) is 11.8. The number of hydrogen-bond acceptors (Lipinski definition) is 6. The van der Waals surface area contributed by atoms with Gasteiger partial charge in [-0.05, 0) is 43.5 Å². The van der Waals surface area contributed by atoms with E-state index in [0.29, 0.717) is 37.6 Å². The maximum Gasteiger partial charge on any atom is 0.246 e. The molecular weight excluding hydrogens is 430 g/mol. The zero-order valence-electron chi connectivity index (χ0n) is 19.1. The number of rotatable bonds is 12. The second kappa shape index (κ2) is 10.6. The van der Waals surface area contributed by atoms with Crippen LogP contribution in [-0.4, -0.2) is 53.0 Å². The average molecular weight is 462 g/mol. The Labute approximate surface area is 189 Å². The molecule has 10 heteroatoms. The van der Waals surface area contributed by atoms with E-state index in [4.69, 9.17) is 9.47 Å². The molecule has 0 saturated carbocycles. The van der Waals surface area contributed by atoms with Crippen molar-refractivity contribution in [3.05, 3.63) is 54.1 Å². The number of nitrogens with zero attached hydrogens (tertiary/aromatic N) is 5. The van der Waals surface area contributed by atoms with E-state index in [0.717, 1.165) is 17.7 Å². The van der Waals surface area contributed by atoms with Crippen molar-refractivity contribution in [3.63, 3.8) is 0 Å². The first-order valence-electron chi connectivity index (χ1n) is 10.7. The lowest BCUT2D eigenvalue weighted by molar-refractivity contribution is 0.354. The zero-order chi connectivity index (χ0) is 23.1. The van der Waals surface area contributed by atoms with Gasteiger partial charge in [0.1, 0.15) is 4.90 Å². The molecule has 2 heterocycles. The molecule has 0 N–H and O–H groups in total. The van der Waals surface area contributed by atoms with Crippen molar-refractivity contribution in [2.45, 2.75) is 51.2 Å². The third kappa shape index (κ3) is 5.31. The minimum atomic E-state index is -3.75. The minimum Gasteiger partial charge on any atom is -0.493 e. The molecule has 32 heavy (non-hydrogen) atoms. The fraction of sp³-hybridized carbons (Fsp3) is 0.455. The Morgan fingerprint density at radius 2 is 1.84 bits per heavy atom. The average Bonchev–Trinajstić information content (AvgIpc) is 3.46. The Balaban J connectivity index is 1.88. The van der Waals surface area contributed by atoms with Gasteiger partial charge in [-0.1, -0.05) is 13.0 Å². The van der Waals surface area contributed by atoms with Gasteiger partial charge >= 0.3 is 0 Å². The van der Waals surface area contributed by atoms with Crippen LogP contribution in [0, 0.1) is 0 Å². The van der Waals surface area contributed by atoms with E-state index < -0.39 is 10.0 Å². The van der Waals surface area contributed by atoms with Gasteiger partial charge in [0.05, 0.1) is 32.7 Å². The van der Waals surface area contributed by atoms with Crippen LogP contribution in [0.25, 0.3) is 0 Å². The molecule has 0 amide bonds. The summed E-state index contributed by atoms with van der Waals surface area (Å²) in [5, 5.41) is 8.49. The Morgan fingerprint density at radius 1 is 1.06 bits per heavy atom. The van der Waals surface area contributed by atoms with Gasteiger partial charge in [0.25, 0.3) is 0 Å². The van der Waals surface area contributed by atoms with Gasteiger partial charge < -0.3 is 9.47 Å². The van der Waals surface area contributed by atoms with E-state index in [1.54, 1.807) is 36.0 Å². The molecule has 0 fully saturated rings. The van der Waals surface area contributed by atoms with Gasteiger partial charge in [-0.25, -0.2) is 8.42 Å². The van der Waals surface area contributed by atoms with Gasteiger partial charge in [0.15, 0.2) is 11.5 Å². The monoisotopic (exact) mass is 461 g/mol. The van der Waals surface area contributed by atoms with E-state index in [1.807, 2.05) is 38.1 Å². The van der Waals surface area contributed by atoms with E-state index in [-0.39, 0.29) is 11.4 Å². The summed E-state index contributed by atoms with van der Waals surface area (Å²) < 4.78 is 42.7. The molecule has 0 radical (unpaired) electrons. The second-order valence-corrected chi connectivity index (χ2v) is 9.29. The van der Waals surface area contributed by atoms with E-state index in [9.17, 15) is 8.42 Å². The Kier molecular flexibility index (Phi) is 7.92. The largest absolute Gasteiger partial charge is 0.493 e. The predicted octanol–water partition coefficient (Wildman–Crippen LogP) is 2.96. The summed E-state index contributed by atoms with van der Waals surface area (Å²) in [6, 6.07) is 7.47. The topological polar surface area (TPSA) is 91.5 Å². The second-order valence-electron chi connectivity index (χ2n) is 7.36. The Hall–Kier alpha value is -2.85. The molecular formula is C22H31N5O4S. The van der Waals surface area contributed by atoms with Crippen LogP contribution in [0.2, 0.25) is 0 Å². The van der Waals surface area contributed by atoms with E-state index in [1.165, 1.54) is 10.5 Å². The fourth-order valence-electron chi connectivity index (χ4n) is 3.51. The lowest BCUT2D eigenvalue weighted by atomic mass is 10.1. The fourth-order valence-corrected chi connectivity index (χ4v) is 4.88. The molecule has 0 unspecified atom stereocenters. The van der Waals surface area contributed by atoms with Crippen molar-refractivity contribution < 1.29 is 17.9 Å². The SMILES string of the molecule is CCCn1cc(S(=O)(=O)N(CCc2ccc(OC)c(OC)c2)Cc2ccnn2CC)cn1. The number of sulfonamides is 1. The molecule has 0 aliphatic heterocycles. The summed E-state index contributed by atoms with van der Waals surface area (Å²) in [6.07, 6.45) is 6.10. The molecule has 0 aliphatic carbocycles. The van der Waals surface area contributed by atoms with Crippen LogP contribution in [0.1, 0.15) is 31.5 Å². The summed E-state index contributed by atoms with van der Waals surface area (Å²) in [5.41, 5.74) is 1.79. The summed E-state index contributed by atoms with van der Waals surface area (Å²) in [4.78, 5) is 0.195. The van der Waals surface area contributed by atoms with Crippen molar-refractivity contribution in [2.24, 2.45) is 0 Å². The number of methoxy groups -OCH3 is 2. The third-order valence-electron chi connectivity index (χ3n) is 5.24. The van der Waals surface area contributed by atoms with Crippen molar-refractivity contribution in [2.75, 3.05) is 20.8 Å². The number of ether oxygens (including phenoxy) is 2. The van der Waals surface area contributed by atoms with Gasteiger partial charge in [-0.3, -0.25) is 9.36 Å². The van der Waals surface area contributed by atoms with Crippen molar-refractivity contribution in [1.29, 1.82) is 0 Å². The van der Waals surface area contributed by atoms with Crippen molar-refractivity contribution in [1.82, 2.24) is 23.9 Å². The third-order valence-corrected chi connectivity index (χ3v) is 7.04. The van der Waals surface area contributed by atoms with Crippen LogP contribution in [0.5, 0.6) is 11.5 Å². The number of benzene rings is 1. The molecule has 3 aromatic rings. The summed E-state index contributed by atoms with van der Waals surface area (Å²) in [5.74, 6) is 1.25. The predicted molar refractivity (Wildman–Crippen MR) is 121 cm³/mol. The van der Waals surface area contributed by atoms with Gasteiger partial charge in [-0.2, -0.15) is 14.5 Å². The lowest BCUT2D eigenvalue weighted by Crippen LogP contribution is -2.33. The molecule has 0 saturated heterocycles. The maximum atomic E-state index is 13.5. The van der Waals surface area contributed by atoms with Crippen LogP contribution in [0.3, 0.4) is 0 Å². The molecule has 9 nitrogen and oxygen atoms in total. The quantitative estimate of drug-likeness (QED) is 0.412. The van der Waals surface area contributed by atoms with Gasteiger partial charge in [-0.15, -0.1) is 0 Å². The lowest BCUT2D eigenvalue weighted by Gasteiger charge is -2.22. The molecule has 0 bridgehead atoms. The van der Waals surface area contributed by atoms with E-state index >= 15 is 0 Å². The van der Waals surface area contributed by atoms with Crippen LogP contribution in [0.4, 0.5) is 0 Å². The smallest absolute Gasteiger partial charge is 0.246 e. The molecule has 0 spiro atoms. The standard InChI is InChI=1S/C22H31N5O4S/c1-5-12-25-17-20(15-24-25)32(28,29)26(16-19-9-11-23-27(19)6-2)13-10-18-7-8-21(30-3)22(14-18)31-4/h7-9,11,14-15,17H,5-6,10,12-13,16H2,1-4H3. The van der Waals surface area contributed by atoms with Gasteiger partial charge in [0, 0.05) is 32.0 Å². The van der Waals surface area contributed by atoms with Crippen LogP contribution in [-0.2, 0) is 36.1 Å². The summed E-state index contributed by atoms with van der Waals surface area (Å²) >= 11 is 0. The Morgan fingerprint density at radius 3 is 2.53 bits per heavy atom. The highest BCUT2D eigenvalue weighted by Crippen LogP contribution is 2.28. The first-order valence-corrected chi connectivity index (χ1v) is 12.1. The highest BCUT2D eigenvalue weighted by molar-refractivity contribution is 7.89. The zero-order valence-corrected chi connectivity index (χ0v) is 19.9. The minimum absolute atomic E-state index is 0.195. The Bertz CT molecular complexity index is 1120. The van der Waals surface area contributed by atoms with Crippen LogP contribution >= 0.6 is 0 Å². The first kappa shape index (κ1) is 23.8.